The summed E-state index contributed by atoms with van der Waals surface area (Å²) in [6.07, 6.45) is -11.4. The number of urea groups is 1. The van der Waals surface area contributed by atoms with Gasteiger partial charge >= 0.3 is 18.4 Å². The lowest BCUT2D eigenvalue weighted by Gasteiger charge is -2.19. The van der Waals surface area contributed by atoms with Gasteiger partial charge in [0, 0.05) is 38.1 Å². The number of nitrogens with zero attached hydrogens (tertiary/aromatic N) is 2. The summed E-state index contributed by atoms with van der Waals surface area (Å²) < 4.78 is 79.5. The summed E-state index contributed by atoms with van der Waals surface area (Å²) in [5.74, 6) is 0. The molecule has 3 rings (SSSR count). The van der Waals surface area contributed by atoms with Crippen molar-refractivity contribution in [1.29, 1.82) is 0 Å². The SMILES string of the molecule is CC.O=C1NCCN1CCNCC(O)c1cc(C(F)(F)F)nc2c(C(F)(F)F)cccc12. The minimum absolute atomic E-state index is 0.217. The average molecular weight is 466 g/mol. The molecule has 1 saturated heterocycles. The van der Waals surface area contributed by atoms with E-state index >= 15 is 0 Å². The second-order valence-corrected chi connectivity index (χ2v) is 6.73. The van der Waals surface area contributed by atoms with E-state index in [0.717, 1.165) is 6.07 Å². The van der Waals surface area contributed by atoms with Crippen LogP contribution >= 0.6 is 0 Å². The van der Waals surface area contributed by atoms with E-state index in [1.54, 1.807) is 0 Å². The second-order valence-electron chi connectivity index (χ2n) is 6.73. The van der Waals surface area contributed by atoms with E-state index < -0.39 is 35.2 Å². The summed E-state index contributed by atoms with van der Waals surface area (Å²) in [4.78, 5) is 16.1. The predicted molar refractivity (Wildman–Crippen MR) is 106 cm³/mol. The standard InChI is InChI=1S/C18H18F6N4O2.C2H6/c19-17(20,21)12-3-1-2-10-11(8-14(18(22,23)24)27-15(10)12)13(29)9-25-4-6-28-7-5-26-16(28)30;1-2/h1-3,8,13,25,29H,4-7,9H2,(H,26,30);1-2H3. The molecular weight excluding hydrogens is 442 g/mol. The maximum atomic E-state index is 13.3. The quantitative estimate of drug-likeness (QED) is 0.445. The van der Waals surface area contributed by atoms with Crippen molar-refractivity contribution >= 4 is 16.9 Å². The van der Waals surface area contributed by atoms with Gasteiger partial charge in [0.15, 0.2) is 0 Å². The first-order valence-electron chi connectivity index (χ1n) is 9.98. The Morgan fingerprint density at radius 2 is 1.88 bits per heavy atom. The van der Waals surface area contributed by atoms with Crippen LogP contribution in [0.2, 0.25) is 0 Å². The van der Waals surface area contributed by atoms with Crippen molar-refractivity contribution in [3.05, 3.63) is 41.1 Å². The van der Waals surface area contributed by atoms with Gasteiger partial charge < -0.3 is 20.6 Å². The molecule has 0 saturated carbocycles. The van der Waals surface area contributed by atoms with E-state index in [2.05, 4.69) is 15.6 Å². The van der Waals surface area contributed by atoms with Gasteiger partial charge in [0.05, 0.1) is 17.2 Å². The number of carbonyl (C=O) groups excluding carboxylic acids is 1. The van der Waals surface area contributed by atoms with Crippen molar-refractivity contribution in [2.45, 2.75) is 32.3 Å². The molecule has 178 valence electrons. The van der Waals surface area contributed by atoms with Gasteiger partial charge in [-0.1, -0.05) is 26.0 Å². The Bertz CT molecular complexity index is 933. The predicted octanol–water partition coefficient (Wildman–Crippen LogP) is 3.95. The number of amides is 2. The van der Waals surface area contributed by atoms with E-state index in [4.69, 9.17) is 0 Å². The summed E-state index contributed by atoms with van der Waals surface area (Å²) in [6.45, 7) is 5.34. The number of benzene rings is 1. The van der Waals surface area contributed by atoms with Gasteiger partial charge in [-0.3, -0.25) is 0 Å². The Kier molecular flexibility index (Phi) is 8.29. The zero-order valence-corrected chi connectivity index (χ0v) is 17.4. The first-order valence-corrected chi connectivity index (χ1v) is 9.98. The van der Waals surface area contributed by atoms with Crippen molar-refractivity contribution in [2.24, 2.45) is 0 Å². The Hall–Kier alpha value is -2.60. The lowest BCUT2D eigenvalue weighted by molar-refractivity contribution is -0.142. The first kappa shape index (κ1) is 25.7. The van der Waals surface area contributed by atoms with Crippen LogP contribution in [-0.2, 0) is 12.4 Å². The molecular formula is C20H24F6N4O2. The lowest BCUT2D eigenvalue weighted by atomic mass is 9.99. The Balaban J connectivity index is 0.00000176. The molecule has 12 heteroatoms. The van der Waals surface area contributed by atoms with Gasteiger partial charge in [-0.2, -0.15) is 26.3 Å². The maximum Gasteiger partial charge on any atom is 0.433 e. The molecule has 1 unspecified atom stereocenters. The molecule has 3 N–H and O–H groups in total. The number of hydrogen-bond acceptors (Lipinski definition) is 4. The fraction of sp³-hybridized carbons (Fsp3) is 0.500. The molecule has 2 heterocycles. The van der Waals surface area contributed by atoms with E-state index in [9.17, 15) is 36.2 Å². The fourth-order valence-corrected chi connectivity index (χ4v) is 3.21. The molecule has 2 aromatic rings. The van der Waals surface area contributed by atoms with Crippen LogP contribution in [0.25, 0.3) is 10.9 Å². The molecule has 0 bridgehead atoms. The number of aliphatic hydroxyl groups is 1. The van der Waals surface area contributed by atoms with Crippen LogP contribution < -0.4 is 10.6 Å². The van der Waals surface area contributed by atoms with Crippen molar-refractivity contribution in [1.82, 2.24) is 20.5 Å². The highest BCUT2D eigenvalue weighted by molar-refractivity contribution is 5.86. The number of aromatic nitrogens is 1. The molecule has 1 aliphatic rings. The lowest BCUT2D eigenvalue weighted by Crippen LogP contribution is -2.35. The minimum atomic E-state index is -4.99. The number of alkyl halides is 6. The Morgan fingerprint density at radius 3 is 2.44 bits per heavy atom. The number of rotatable bonds is 6. The van der Waals surface area contributed by atoms with Crippen LogP contribution in [0, 0.1) is 0 Å². The molecule has 1 aromatic heterocycles. The summed E-state index contributed by atoms with van der Waals surface area (Å²) in [7, 11) is 0. The summed E-state index contributed by atoms with van der Waals surface area (Å²) in [5.41, 5.74) is -4.02. The Morgan fingerprint density at radius 1 is 1.19 bits per heavy atom. The number of para-hydroxylation sites is 1. The molecule has 0 spiro atoms. The van der Waals surface area contributed by atoms with Crippen molar-refractivity contribution in [3.8, 4) is 0 Å². The molecule has 0 aliphatic carbocycles. The molecule has 6 nitrogen and oxygen atoms in total. The summed E-state index contributed by atoms with van der Waals surface area (Å²) >= 11 is 0. The number of nitrogens with one attached hydrogen (secondary N) is 2. The number of aliphatic hydroxyl groups excluding tert-OH is 1. The third-order valence-corrected chi connectivity index (χ3v) is 4.67. The average Bonchev–Trinajstić information content (AvgIpc) is 3.14. The topological polar surface area (TPSA) is 77.5 Å². The van der Waals surface area contributed by atoms with E-state index in [0.29, 0.717) is 31.8 Å². The third kappa shape index (κ3) is 6.00. The van der Waals surface area contributed by atoms with E-state index in [1.807, 2.05) is 13.8 Å². The van der Waals surface area contributed by atoms with Gasteiger partial charge in [-0.05, 0) is 17.7 Å². The first-order chi connectivity index (χ1) is 15.0. The maximum absolute atomic E-state index is 13.3. The van der Waals surface area contributed by atoms with Crippen LogP contribution in [0.5, 0.6) is 0 Å². The van der Waals surface area contributed by atoms with E-state index in [1.165, 1.54) is 11.0 Å². The van der Waals surface area contributed by atoms with Gasteiger partial charge in [0.25, 0.3) is 0 Å². The third-order valence-electron chi connectivity index (χ3n) is 4.67. The van der Waals surface area contributed by atoms with Crippen LogP contribution in [-0.4, -0.2) is 53.7 Å². The minimum Gasteiger partial charge on any atom is -0.387 e. The van der Waals surface area contributed by atoms with Crippen LogP contribution in [0.3, 0.4) is 0 Å². The number of halogens is 6. The largest absolute Gasteiger partial charge is 0.433 e. The highest BCUT2D eigenvalue weighted by Crippen LogP contribution is 2.38. The van der Waals surface area contributed by atoms with Crippen molar-refractivity contribution in [3.63, 3.8) is 0 Å². The highest BCUT2D eigenvalue weighted by Gasteiger charge is 2.38. The zero-order chi connectivity index (χ0) is 24.1. The van der Waals surface area contributed by atoms with Crippen LogP contribution in [0.1, 0.15) is 36.8 Å². The van der Waals surface area contributed by atoms with Crippen molar-refractivity contribution in [2.75, 3.05) is 32.7 Å². The second kappa shape index (κ2) is 10.3. The Labute approximate surface area is 180 Å². The normalized spacial score (nSPS) is 15.4. The monoisotopic (exact) mass is 466 g/mol. The number of fused-ring (bicyclic) bond motifs is 1. The fourth-order valence-electron chi connectivity index (χ4n) is 3.21. The van der Waals surface area contributed by atoms with Gasteiger partial charge in [0.1, 0.15) is 5.69 Å². The zero-order valence-electron chi connectivity index (χ0n) is 17.4. The van der Waals surface area contributed by atoms with Gasteiger partial charge in [-0.15, -0.1) is 0 Å². The summed E-state index contributed by atoms with van der Waals surface area (Å²) in [6, 6.07) is 3.20. The molecule has 1 fully saturated rings. The molecule has 1 aliphatic heterocycles. The number of pyridine rings is 1. The van der Waals surface area contributed by atoms with Crippen LogP contribution in [0.15, 0.2) is 24.3 Å². The van der Waals surface area contributed by atoms with E-state index in [-0.39, 0.29) is 30.1 Å². The number of carbonyl (C=O) groups is 1. The summed E-state index contributed by atoms with van der Waals surface area (Å²) in [5, 5.41) is 15.6. The molecule has 32 heavy (non-hydrogen) atoms. The molecule has 1 aromatic carbocycles. The highest BCUT2D eigenvalue weighted by atomic mass is 19.4. The van der Waals surface area contributed by atoms with Crippen molar-refractivity contribution < 1.29 is 36.2 Å². The van der Waals surface area contributed by atoms with Crippen LogP contribution in [0.4, 0.5) is 31.1 Å². The van der Waals surface area contributed by atoms with Gasteiger partial charge in [0.2, 0.25) is 0 Å². The smallest absolute Gasteiger partial charge is 0.387 e. The molecule has 2 amide bonds. The molecule has 0 radical (unpaired) electrons. The molecule has 1 atom stereocenters. The van der Waals surface area contributed by atoms with Gasteiger partial charge in [-0.25, -0.2) is 9.78 Å². The number of hydrogen-bond donors (Lipinski definition) is 3.